The molecule has 1 N–H and O–H groups in total. The summed E-state index contributed by atoms with van der Waals surface area (Å²) in [5.74, 6) is 0. The maximum absolute atomic E-state index is 12.2. The molecule has 7 heteroatoms. The molecule has 0 amide bonds. The van der Waals surface area contributed by atoms with Crippen molar-refractivity contribution >= 4 is 16.5 Å². The number of hydrogen-bond acceptors (Lipinski definition) is 5. The molecule has 0 unspecified atom stereocenters. The molecule has 0 aromatic carbocycles. The molecule has 1 aromatic heterocycles. The highest BCUT2D eigenvalue weighted by molar-refractivity contribution is 7.85. The van der Waals surface area contributed by atoms with Crippen molar-refractivity contribution in [3.8, 4) is 0 Å². The average Bonchev–Trinajstić information content (AvgIpc) is 2.39. The van der Waals surface area contributed by atoms with Crippen LogP contribution < -0.4 is 5.32 Å². The van der Waals surface area contributed by atoms with E-state index in [0.29, 0.717) is 6.54 Å². The Morgan fingerprint density at radius 2 is 2.41 bits per heavy atom. The second kappa shape index (κ2) is 5.33. The molecule has 1 aliphatic heterocycles. The van der Waals surface area contributed by atoms with Gasteiger partial charge in [0.1, 0.15) is 0 Å². The van der Waals surface area contributed by atoms with E-state index in [-0.39, 0.29) is 16.0 Å². The van der Waals surface area contributed by atoms with Gasteiger partial charge < -0.3 is 5.32 Å². The maximum atomic E-state index is 12.2. The van der Waals surface area contributed by atoms with Gasteiger partial charge in [-0.2, -0.15) is 0 Å². The minimum Gasteiger partial charge on any atom is -0.316 e. The molecule has 0 bridgehead atoms. The summed E-state index contributed by atoms with van der Waals surface area (Å²) in [6, 6.07) is 2.83. The summed E-state index contributed by atoms with van der Waals surface area (Å²) in [5.41, 5.74) is -0.156. The van der Waals surface area contributed by atoms with Gasteiger partial charge >= 0.3 is 5.69 Å². The number of nitro groups is 1. The van der Waals surface area contributed by atoms with Crippen molar-refractivity contribution in [1.29, 1.82) is 0 Å². The van der Waals surface area contributed by atoms with E-state index in [1.165, 1.54) is 18.3 Å². The molecule has 0 aliphatic carbocycles. The zero-order valence-corrected chi connectivity index (χ0v) is 9.98. The summed E-state index contributed by atoms with van der Waals surface area (Å²) in [6.45, 7) is 1.54. The van der Waals surface area contributed by atoms with E-state index in [1.807, 2.05) is 0 Å². The van der Waals surface area contributed by atoms with E-state index in [9.17, 15) is 14.3 Å². The van der Waals surface area contributed by atoms with Crippen LogP contribution in [-0.2, 0) is 10.8 Å². The van der Waals surface area contributed by atoms with Gasteiger partial charge in [-0.3, -0.25) is 14.3 Å². The third-order valence-electron chi connectivity index (χ3n) is 2.69. The fourth-order valence-corrected chi connectivity index (χ4v) is 3.32. The predicted molar refractivity (Wildman–Crippen MR) is 63.2 cm³/mol. The molecular weight excluding hydrogens is 242 g/mol. The highest BCUT2D eigenvalue weighted by Crippen LogP contribution is 2.23. The number of pyridine rings is 1. The average molecular weight is 255 g/mol. The largest absolute Gasteiger partial charge is 0.316 e. The van der Waals surface area contributed by atoms with Crippen molar-refractivity contribution in [2.24, 2.45) is 0 Å². The van der Waals surface area contributed by atoms with Gasteiger partial charge in [0, 0.05) is 18.8 Å². The summed E-state index contributed by atoms with van der Waals surface area (Å²) in [5, 5.41) is 14.0. The Morgan fingerprint density at radius 3 is 3.06 bits per heavy atom. The fraction of sp³-hybridized carbons (Fsp3) is 0.500. The van der Waals surface area contributed by atoms with Crippen LogP contribution >= 0.6 is 0 Å². The van der Waals surface area contributed by atoms with E-state index >= 15 is 0 Å². The minimum atomic E-state index is -1.42. The Hall–Kier alpha value is -1.34. The molecule has 1 saturated heterocycles. The summed E-state index contributed by atoms with van der Waals surface area (Å²) in [4.78, 5) is 14.2. The van der Waals surface area contributed by atoms with E-state index in [0.717, 1.165) is 19.4 Å². The number of piperidine rings is 1. The molecule has 2 atom stereocenters. The smallest absolute Gasteiger partial charge is 0.303 e. The number of aromatic nitrogens is 1. The molecule has 2 heterocycles. The lowest BCUT2D eigenvalue weighted by Gasteiger charge is -2.21. The van der Waals surface area contributed by atoms with Gasteiger partial charge in [-0.15, -0.1) is 0 Å². The van der Waals surface area contributed by atoms with Crippen LogP contribution in [0.15, 0.2) is 23.4 Å². The summed E-state index contributed by atoms with van der Waals surface area (Å²) in [6.07, 6.45) is 3.20. The SMILES string of the molecule is O=[N+]([O-])c1cccnc1[S@](=O)[C@@H]1CCCNC1. The van der Waals surface area contributed by atoms with Gasteiger partial charge in [-0.05, 0) is 25.5 Å². The minimum absolute atomic E-state index is 0.0858. The first-order valence-corrected chi connectivity index (χ1v) is 6.62. The second-order valence-corrected chi connectivity index (χ2v) is 5.50. The molecule has 1 aromatic rings. The Bertz CT molecular complexity index is 446. The monoisotopic (exact) mass is 255 g/mol. The molecule has 17 heavy (non-hydrogen) atoms. The highest BCUT2D eigenvalue weighted by Gasteiger charge is 2.27. The van der Waals surface area contributed by atoms with Crippen molar-refractivity contribution in [3.05, 3.63) is 28.4 Å². The van der Waals surface area contributed by atoms with Crippen LogP contribution in [0.4, 0.5) is 5.69 Å². The van der Waals surface area contributed by atoms with Gasteiger partial charge in [0.25, 0.3) is 0 Å². The first-order chi connectivity index (χ1) is 8.20. The normalized spacial score (nSPS) is 22.0. The lowest BCUT2D eigenvalue weighted by Crippen LogP contribution is -2.36. The van der Waals surface area contributed by atoms with Gasteiger partial charge in [0.2, 0.25) is 5.03 Å². The van der Waals surface area contributed by atoms with Gasteiger partial charge in [0.05, 0.1) is 21.0 Å². The lowest BCUT2D eigenvalue weighted by atomic mass is 10.2. The highest BCUT2D eigenvalue weighted by atomic mass is 32.2. The maximum Gasteiger partial charge on any atom is 0.303 e. The summed E-state index contributed by atoms with van der Waals surface area (Å²) >= 11 is 0. The fourth-order valence-electron chi connectivity index (χ4n) is 1.84. The number of nitrogens with one attached hydrogen (secondary N) is 1. The number of rotatable bonds is 3. The number of hydrogen-bond donors (Lipinski definition) is 1. The van der Waals surface area contributed by atoms with Gasteiger partial charge in [-0.25, -0.2) is 4.98 Å². The van der Waals surface area contributed by atoms with E-state index in [1.54, 1.807) is 0 Å². The predicted octanol–water partition coefficient (Wildman–Crippen LogP) is 0.849. The Balaban J connectivity index is 2.26. The molecule has 0 radical (unpaired) electrons. The molecule has 1 aliphatic rings. The van der Waals surface area contributed by atoms with Crippen LogP contribution in [0, 0.1) is 10.1 Å². The van der Waals surface area contributed by atoms with Crippen LogP contribution in [0.25, 0.3) is 0 Å². The lowest BCUT2D eigenvalue weighted by molar-refractivity contribution is -0.388. The van der Waals surface area contributed by atoms with Crippen molar-refractivity contribution in [2.75, 3.05) is 13.1 Å². The quantitative estimate of drug-likeness (QED) is 0.639. The van der Waals surface area contributed by atoms with E-state index in [4.69, 9.17) is 0 Å². The topological polar surface area (TPSA) is 85.1 Å². The first-order valence-electron chi connectivity index (χ1n) is 5.41. The van der Waals surface area contributed by atoms with Crippen LogP contribution in [-0.4, -0.2) is 32.5 Å². The van der Waals surface area contributed by atoms with E-state index < -0.39 is 15.7 Å². The third kappa shape index (κ3) is 2.67. The Labute approximate surface area is 101 Å². The summed E-state index contributed by atoms with van der Waals surface area (Å²) in [7, 11) is -1.42. The Morgan fingerprint density at radius 1 is 1.59 bits per heavy atom. The van der Waals surface area contributed by atoms with Crippen molar-refractivity contribution < 1.29 is 9.13 Å². The van der Waals surface area contributed by atoms with Crippen LogP contribution in [0.3, 0.4) is 0 Å². The van der Waals surface area contributed by atoms with E-state index in [2.05, 4.69) is 10.3 Å². The zero-order valence-electron chi connectivity index (χ0n) is 9.17. The van der Waals surface area contributed by atoms with Gasteiger partial charge in [-0.1, -0.05) is 0 Å². The van der Waals surface area contributed by atoms with Crippen molar-refractivity contribution in [3.63, 3.8) is 0 Å². The molecule has 0 saturated carbocycles. The van der Waals surface area contributed by atoms with Crippen molar-refractivity contribution in [1.82, 2.24) is 10.3 Å². The molecular formula is C10H13N3O3S. The van der Waals surface area contributed by atoms with Gasteiger partial charge in [0.15, 0.2) is 0 Å². The van der Waals surface area contributed by atoms with Crippen LogP contribution in [0.5, 0.6) is 0 Å². The molecule has 92 valence electrons. The molecule has 2 rings (SSSR count). The first kappa shape index (κ1) is 12.1. The zero-order chi connectivity index (χ0) is 12.3. The summed E-state index contributed by atoms with van der Waals surface area (Å²) < 4.78 is 12.2. The molecule has 6 nitrogen and oxygen atoms in total. The second-order valence-electron chi connectivity index (χ2n) is 3.85. The molecule has 0 spiro atoms. The standard InChI is InChI=1S/C10H13N3O3S/c14-13(15)9-4-2-6-12-10(9)17(16)8-3-1-5-11-7-8/h2,4,6,8,11H,1,3,5,7H2/t8-,17-/m1/s1. The molecule has 1 fully saturated rings. The van der Waals surface area contributed by atoms with Crippen LogP contribution in [0.2, 0.25) is 0 Å². The van der Waals surface area contributed by atoms with Crippen molar-refractivity contribution in [2.45, 2.75) is 23.1 Å². The Kier molecular flexibility index (Phi) is 3.80. The number of nitrogens with zero attached hydrogens (tertiary/aromatic N) is 2. The van der Waals surface area contributed by atoms with Crippen LogP contribution in [0.1, 0.15) is 12.8 Å². The third-order valence-corrected chi connectivity index (χ3v) is 4.40.